The number of guanidine groups is 1. The molecule has 1 aromatic rings. The molecule has 1 aliphatic heterocycles. The lowest BCUT2D eigenvalue weighted by Gasteiger charge is -2.15. The number of anilines is 1. The molecule has 0 aliphatic carbocycles. The lowest BCUT2D eigenvalue weighted by molar-refractivity contribution is -0.116. The van der Waals surface area contributed by atoms with Crippen LogP contribution in [-0.2, 0) is 4.79 Å². The predicted molar refractivity (Wildman–Crippen MR) is 104 cm³/mol. The number of rotatable bonds is 6. The van der Waals surface area contributed by atoms with Crippen LogP contribution in [0.4, 0.5) is 5.69 Å². The fraction of sp³-hybridized carbons (Fsp3) is 0.529. The number of hydrogen-bond donors (Lipinski definition) is 3. The second kappa shape index (κ2) is 9.79. The van der Waals surface area contributed by atoms with Crippen molar-refractivity contribution >= 4 is 40.9 Å². The van der Waals surface area contributed by atoms with Crippen LogP contribution in [0.15, 0.2) is 23.2 Å². The predicted octanol–water partition coefficient (Wildman–Crippen LogP) is 3.04. The number of nitrogens with one attached hydrogen (secondary N) is 3. The molecule has 1 amide bonds. The number of amides is 1. The molecule has 2 rings (SSSR count). The maximum atomic E-state index is 12.1. The minimum absolute atomic E-state index is 0.0466. The highest BCUT2D eigenvalue weighted by Crippen LogP contribution is 2.25. The molecular formula is C17H25ClN4OS. The first kappa shape index (κ1) is 18.9. The fourth-order valence-electron chi connectivity index (χ4n) is 2.49. The van der Waals surface area contributed by atoms with Crippen LogP contribution in [0, 0.1) is 6.92 Å². The van der Waals surface area contributed by atoms with Crippen LogP contribution in [-0.4, -0.2) is 43.0 Å². The number of benzene rings is 1. The summed E-state index contributed by atoms with van der Waals surface area (Å²) in [6.45, 7) is 3.34. The third-order valence-corrected chi connectivity index (χ3v) is 5.74. The van der Waals surface area contributed by atoms with Gasteiger partial charge in [-0.25, -0.2) is 0 Å². The zero-order valence-electron chi connectivity index (χ0n) is 14.2. The average Bonchev–Trinajstić information content (AvgIpc) is 3.08. The number of aliphatic imine (C=N–C) groups is 1. The van der Waals surface area contributed by atoms with E-state index in [0.717, 1.165) is 23.8 Å². The minimum atomic E-state index is -0.0466. The monoisotopic (exact) mass is 368 g/mol. The molecule has 1 saturated heterocycles. The smallest absolute Gasteiger partial charge is 0.226 e. The first-order valence-electron chi connectivity index (χ1n) is 8.21. The highest BCUT2D eigenvalue weighted by Gasteiger charge is 2.15. The molecule has 0 bridgehead atoms. The van der Waals surface area contributed by atoms with Crippen LogP contribution in [0.5, 0.6) is 0 Å². The van der Waals surface area contributed by atoms with E-state index in [1.54, 1.807) is 7.05 Å². The summed E-state index contributed by atoms with van der Waals surface area (Å²) >= 11 is 8.07. The van der Waals surface area contributed by atoms with E-state index in [-0.39, 0.29) is 5.91 Å². The molecule has 1 aliphatic rings. The SMILES string of the molecule is CN=C(NCCC(=O)Nc1cccc(Cl)c1C)NCC1CCCS1. The number of hydrogen-bond acceptors (Lipinski definition) is 3. The molecule has 1 aromatic carbocycles. The van der Waals surface area contributed by atoms with Crippen molar-refractivity contribution < 1.29 is 4.79 Å². The largest absolute Gasteiger partial charge is 0.356 e. The van der Waals surface area contributed by atoms with Crippen molar-refractivity contribution in [2.75, 3.05) is 31.2 Å². The lowest BCUT2D eigenvalue weighted by atomic mass is 10.2. The number of thioether (sulfide) groups is 1. The van der Waals surface area contributed by atoms with E-state index < -0.39 is 0 Å². The van der Waals surface area contributed by atoms with Crippen LogP contribution in [0.2, 0.25) is 5.02 Å². The zero-order valence-corrected chi connectivity index (χ0v) is 15.8. The van der Waals surface area contributed by atoms with E-state index in [1.807, 2.05) is 36.9 Å². The van der Waals surface area contributed by atoms with E-state index in [1.165, 1.54) is 18.6 Å². The van der Waals surface area contributed by atoms with Gasteiger partial charge in [-0.3, -0.25) is 9.79 Å². The van der Waals surface area contributed by atoms with Crippen molar-refractivity contribution in [3.05, 3.63) is 28.8 Å². The minimum Gasteiger partial charge on any atom is -0.356 e. The van der Waals surface area contributed by atoms with Crippen molar-refractivity contribution in [1.82, 2.24) is 10.6 Å². The Kier molecular flexibility index (Phi) is 7.72. The lowest BCUT2D eigenvalue weighted by Crippen LogP contribution is -2.41. The molecule has 0 aromatic heterocycles. The van der Waals surface area contributed by atoms with E-state index in [4.69, 9.17) is 11.6 Å². The van der Waals surface area contributed by atoms with Crippen LogP contribution in [0.1, 0.15) is 24.8 Å². The molecule has 5 nitrogen and oxygen atoms in total. The van der Waals surface area contributed by atoms with Gasteiger partial charge in [0.1, 0.15) is 0 Å². The molecule has 1 unspecified atom stereocenters. The molecule has 0 radical (unpaired) electrons. The second-order valence-electron chi connectivity index (χ2n) is 5.73. The Morgan fingerprint density at radius 2 is 2.25 bits per heavy atom. The highest BCUT2D eigenvalue weighted by molar-refractivity contribution is 8.00. The van der Waals surface area contributed by atoms with E-state index >= 15 is 0 Å². The van der Waals surface area contributed by atoms with Crippen molar-refractivity contribution in [3.8, 4) is 0 Å². The second-order valence-corrected chi connectivity index (χ2v) is 7.54. The number of carbonyl (C=O) groups excluding carboxylic acids is 1. The van der Waals surface area contributed by atoms with Gasteiger partial charge in [-0.2, -0.15) is 11.8 Å². The summed E-state index contributed by atoms with van der Waals surface area (Å²) in [6, 6.07) is 5.49. The van der Waals surface area contributed by atoms with Gasteiger partial charge in [0.15, 0.2) is 5.96 Å². The van der Waals surface area contributed by atoms with Crippen molar-refractivity contribution in [3.63, 3.8) is 0 Å². The maximum absolute atomic E-state index is 12.1. The molecule has 3 N–H and O–H groups in total. The number of nitrogens with zero attached hydrogens (tertiary/aromatic N) is 1. The van der Waals surface area contributed by atoms with E-state index in [9.17, 15) is 4.79 Å². The molecule has 1 heterocycles. The summed E-state index contributed by atoms with van der Waals surface area (Å²) in [5, 5.41) is 10.7. The van der Waals surface area contributed by atoms with Gasteiger partial charge in [0, 0.05) is 42.5 Å². The maximum Gasteiger partial charge on any atom is 0.226 e. The standard InChI is InChI=1S/C17H25ClN4OS/c1-12-14(18)6-3-7-15(12)22-16(23)8-9-20-17(19-2)21-11-13-5-4-10-24-13/h3,6-7,13H,4-5,8-11H2,1-2H3,(H,22,23)(H2,19,20,21). The van der Waals surface area contributed by atoms with Crippen molar-refractivity contribution in [2.45, 2.75) is 31.4 Å². The van der Waals surface area contributed by atoms with Crippen LogP contribution >= 0.6 is 23.4 Å². The summed E-state index contributed by atoms with van der Waals surface area (Å²) in [5.74, 6) is 1.95. The third-order valence-electron chi connectivity index (χ3n) is 3.93. The third kappa shape index (κ3) is 5.91. The van der Waals surface area contributed by atoms with Gasteiger partial charge in [-0.15, -0.1) is 0 Å². The normalized spacial score (nSPS) is 17.6. The van der Waals surface area contributed by atoms with Gasteiger partial charge in [0.05, 0.1) is 0 Å². The van der Waals surface area contributed by atoms with Gasteiger partial charge < -0.3 is 16.0 Å². The van der Waals surface area contributed by atoms with Crippen molar-refractivity contribution in [2.24, 2.45) is 4.99 Å². The van der Waals surface area contributed by atoms with Crippen molar-refractivity contribution in [1.29, 1.82) is 0 Å². The summed E-state index contributed by atoms with van der Waals surface area (Å²) in [4.78, 5) is 16.2. The quantitative estimate of drug-likeness (QED) is 0.533. The molecule has 0 spiro atoms. The Morgan fingerprint density at radius 3 is 2.96 bits per heavy atom. The molecular weight excluding hydrogens is 344 g/mol. The van der Waals surface area contributed by atoms with Gasteiger partial charge >= 0.3 is 0 Å². The average molecular weight is 369 g/mol. The molecule has 24 heavy (non-hydrogen) atoms. The molecule has 132 valence electrons. The Labute approximate surface area is 153 Å². The van der Waals surface area contributed by atoms with Gasteiger partial charge in [-0.1, -0.05) is 17.7 Å². The van der Waals surface area contributed by atoms with Gasteiger partial charge in [0.25, 0.3) is 0 Å². The number of carbonyl (C=O) groups is 1. The van der Waals surface area contributed by atoms with Crippen LogP contribution in [0.3, 0.4) is 0 Å². The fourth-order valence-corrected chi connectivity index (χ4v) is 3.86. The molecule has 1 fully saturated rings. The summed E-state index contributed by atoms with van der Waals surface area (Å²) in [6.07, 6.45) is 2.92. The summed E-state index contributed by atoms with van der Waals surface area (Å²) in [5.41, 5.74) is 1.64. The molecule has 1 atom stereocenters. The Balaban J connectivity index is 1.69. The summed E-state index contributed by atoms with van der Waals surface area (Å²) < 4.78 is 0. The molecule has 7 heteroatoms. The first-order chi connectivity index (χ1) is 11.6. The van der Waals surface area contributed by atoms with Gasteiger partial charge in [0.2, 0.25) is 5.91 Å². The Hall–Kier alpha value is -1.40. The summed E-state index contributed by atoms with van der Waals surface area (Å²) in [7, 11) is 1.74. The Morgan fingerprint density at radius 1 is 1.42 bits per heavy atom. The number of halogens is 1. The van der Waals surface area contributed by atoms with E-state index in [2.05, 4.69) is 20.9 Å². The topological polar surface area (TPSA) is 65.5 Å². The van der Waals surface area contributed by atoms with E-state index in [0.29, 0.717) is 23.2 Å². The highest BCUT2D eigenvalue weighted by atomic mass is 35.5. The first-order valence-corrected chi connectivity index (χ1v) is 9.64. The van der Waals surface area contributed by atoms with Crippen LogP contribution in [0.25, 0.3) is 0 Å². The van der Waals surface area contributed by atoms with Gasteiger partial charge in [-0.05, 0) is 43.2 Å². The van der Waals surface area contributed by atoms with Crippen LogP contribution < -0.4 is 16.0 Å². The zero-order chi connectivity index (χ0) is 17.4. The molecule has 0 saturated carbocycles. The Bertz CT molecular complexity index is 588.